The van der Waals surface area contributed by atoms with Gasteiger partial charge in [-0.1, -0.05) is 6.07 Å². The minimum Gasteiger partial charge on any atom is -0.475 e. The van der Waals surface area contributed by atoms with Gasteiger partial charge in [-0.15, -0.1) is 0 Å². The lowest BCUT2D eigenvalue weighted by atomic mass is 10.1. The van der Waals surface area contributed by atoms with E-state index in [9.17, 15) is 18.0 Å². The number of rotatable bonds is 4. The van der Waals surface area contributed by atoms with Crippen molar-refractivity contribution in [3.8, 4) is 0 Å². The van der Waals surface area contributed by atoms with Gasteiger partial charge in [0, 0.05) is 44.3 Å². The Hall–Kier alpha value is -2.20. The molecule has 0 aliphatic carbocycles. The van der Waals surface area contributed by atoms with Gasteiger partial charge >= 0.3 is 12.1 Å². The molecule has 2 unspecified atom stereocenters. The second-order valence-electron chi connectivity index (χ2n) is 6.03. The Morgan fingerprint density at radius 2 is 2.00 bits per heavy atom. The lowest BCUT2D eigenvalue weighted by molar-refractivity contribution is -0.192. The van der Waals surface area contributed by atoms with E-state index in [4.69, 9.17) is 15.0 Å². The summed E-state index contributed by atoms with van der Waals surface area (Å²) < 4.78 is 31.7. The highest BCUT2D eigenvalue weighted by Gasteiger charge is 2.46. The molecule has 0 spiro atoms. The van der Waals surface area contributed by atoms with Crippen LogP contribution in [0.25, 0.3) is 0 Å². The molecule has 2 saturated heterocycles. The number of fused-ring (bicyclic) bond motifs is 1. The molecule has 1 aromatic heterocycles. The number of aliphatic carboxylic acids is 1. The van der Waals surface area contributed by atoms with Gasteiger partial charge in [0.1, 0.15) is 0 Å². The number of hydrogen-bond acceptors (Lipinski definition) is 5. The van der Waals surface area contributed by atoms with Crippen molar-refractivity contribution in [2.45, 2.75) is 37.6 Å². The number of carbonyl (C=O) groups excluding carboxylic acids is 1. The third kappa shape index (κ3) is 4.92. The molecule has 2 N–H and O–H groups in total. The topological polar surface area (TPSA) is 94.0 Å². The second-order valence-corrected chi connectivity index (χ2v) is 6.03. The Labute approximate surface area is 148 Å². The molecular formula is C16H20F3N3O4. The minimum absolute atomic E-state index is 0.0508. The molecule has 3 rings (SSSR count). The van der Waals surface area contributed by atoms with Gasteiger partial charge in [0.15, 0.2) is 0 Å². The van der Waals surface area contributed by atoms with Crippen molar-refractivity contribution in [2.24, 2.45) is 0 Å². The van der Waals surface area contributed by atoms with Crippen LogP contribution in [0.2, 0.25) is 0 Å². The SMILES string of the molecule is O=C(O)C(F)(F)F.O=C1CC2C(CCN2Cc2ccccn2)N1CCO. The number of carboxylic acids is 1. The van der Waals surface area contributed by atoms with E-state index >= 15 is 0 Å². The summed E-state index contributed by atoms with van der Waals surface area (Å²) in [5, 5.41) is 16.2. The molecule has 0 saturated carbocycles. The number of carbonyl (C=O) groups is 2. The van der Waals surface area contributed by atoms with Gasteiger partial charge in [-0.3, -0.25) is 14.7 Å². The fourth-order valence-electron chi connectivity index (χ4n) is 3.30. The predicted octanol–water partition coefficient (Wildman–Crippen LogP) is 0.882. The Morgan fingerprint density at radius 1 is 1.31 bits per heavy atom. The molecule has 7 nitrogen and oxygen atoms in total. The van der Waals surface area contributed by atoms with Gasteiger partial charge in [0.05, 0.1) is 12.3 Å². The van der Waals surface area contributed by atoms with Crippen molar-refractivity contribution in [3.05, 3.63) is 30.1 Å². The van der Waals surface area contributed by atoms with E-state index in [1.807, 2.05) is 23.1 Å². The van der Waals surface area contributed by atoms with E-state index in [0.717, 1.165) is 25.2 Å². The molecule has 2 aliphatic rings. The van der Waals surface area contributed by atoms with Crippen molar-refractivity contribution in [2.75, 3.05) is 19.7 Å². The smallest absolute Gasteiger partial charge is 0.475 e. The van der Waals surface area contributed by atoms with Crippen molar-refractivity contribution >= 4 is 11.9 Å². The number of halogens is 3. The number of likely N-dealkylation sites (tertiary alicyclic amines) is 2. The van der Waals surface area contributed by atoms with Crippen molar-refractivity contribution < 1.29 is 33.0 Å². The Morgan fingerprint density at radius 3 is 2.54 bits per heavy atom. The van der Waals surface area contributed by atoms with Crippen LogP contribution in [0.15, 0.2) is 24.4 Å². The van der Waals surface area contributed by atoms with E-state index in [2.05, 4.69) is 9.88 Å². The number of carboxylic acid groups (broad SMARTS) is 1. The van der Waals surface area contributed by atoms with Crippen molar-refractivity contribution in [1.29, 1.82) is 0 Å². The van der Waals surface area contributed by atoms with Gasteiger partial charge in [-0.05, 0) is 18.6 Å². The first kappa shape index (κ1) is 20.1. The van der Waals surface area contributed by atoms with E-state index < -0.39 is 12.1 Å². The van der Waals surface area contributed by atoms with Crippen LogP contribution in [-0.2, 0) is 16.1 Å². The Bertz CT molecular complexity index is 627. The average molecular weight is 375 g/mol. The summed E-state index contributed by atoms with van der Waals surface area (Å²) in [6.45, 7) is 2.33. The zero-order valence-corrected chi connectivity index (χ0v) is 13.9. The van der Waals surface area contributed by atoms with Gasteiger partial charge in [0.2, 0.25) is 5.91 Å². The van der Waals surface area contributed by atoms with E-state index in [0.29, 0.717) is 19.0 Å². The number of alkyl halides is 3. The summed E-state index contributed by atoms with van der Waals surface area (Å²) in [5.74, 6) is -2.58. The third-order valence-corrected chi connectivity index (χ3v) is 4.40. The number of aliphatic hydroxyl groups is 1. The second kappa shape index (κ2) is 8.45. The van der Waals surface area contributed by atoms with Crippen molar-refractivity contribution in [3.63, 3.8) is 0 Å². The number of amides is 1. The molecular weight excluding hydrogens is 355 g/mol. The summed E-state index contributed by atoms with van der Waals surface area (Å²) in [6, 6.07) is 6.51. The van der Waals surface area contributed by atoms with Crippen LogP contribution in [0.3, 0.4) is 0 Å². The largest absolute Gasteiger partial charge is 0.490 e. The zero-order chi connectivity index (χ0) is 19.3. The summed E-state index contributed by atoms with van der Waals surface area (Å²) in [4.78, 5) is 29.4. The highest BCUT2D eigenvalue weighted by molar-refractivity contribution is 5.80. The molecule has 0 aromatic carbocycles. The molecule has 144 valence electrons. The molecule has 1 amide bonds. The van der Waals surface area contributed by atoms with Gasteiger partial charge in [-0.25, -0.2) is 4.79 Å². The fourth-order valence-corrected chi connectivity index (χ4v) is 3.30. The Kier molecular flexibility index (Phi) is 6.54. The number of hydrogen-bond donors (Lipinski definition) is 2. The molecule has 2 aliphatic heterocycles. The zero-order valence-electron chi connectivity index (χ0n) is 13.9. The molecule has 0 bridgehead atoms. The first-order valence-corrected chi connectivity index (χ1v) is 8.08. The summed E-state index contributed by atoms with van der Waals surface area (Å²) in [5.41, 5.74) is 1.05. The standard InChI is InChI=1S/C14H19N3O2.C2HF3O2/c18-8-7-17-12-4-6-16(13(12)9-14(17)19)10-11-3-1-2-5-15-11;3-2(4,5)1(6)7/h1-3,5,12-13,18H,4,6-10H2;(H,6,7). The predicted molar refractivity (Wildman–Crippen MR) is 83.9 cm³/mol. The molecule has 26 heavy (non-hydrogen) atoms. The van der Waals surface area contributed by atoms with Crippen LogP contribution in [-0.4, -0.2) is 74.8 Å². The van der Waals surface area contributed by atoms with Gasteiger partial charge in [-0.2, -0.15) is 13.2 Å². The molecule has 0 radical (unpaired) electrons. The quantitative estimate of drug-likeness (QED) is 0.812. The maximum absolute atomic E-state index is 11.9. The maximum atomic E-state index is 11.9. The van der Waals surface area contributed by atoms with Crippen LogP contribution in [0, 0.1) is 0 Å². The summed E-state index contributed by atoms with van der Waals surface area (Å²) in [6.07, 6.45) is -1.69. The monoisotopic (exact) mass is 375 g/mol. The van der Waals surface area contributed by atoms with Crippen molar-refractivity contribution in [1.82, 2.24) is 14.8 Å². The van der Waals surface area contributed by atoms with Gasteiger partial charge in [0.25, 0.3) is 0 Å². The molecule has 3 heterocycles. The number of aliphatic hydroxyl groups excluding tert-OH is 1. The highest BCUT2D eigenvalue weighted by atomic mass is 19.4. The third-order valence-electron chi connectivity index (χ3n) is 4.40. The first-order chi connectivity index (χ1) is 12.2. The minimum atomic E-state index is -5.08. The Balaban J connectivity index is 0.000000298. The highest BCUT2D eigenvalue weighted by Crippen LogP contribution is 2.32. The van der Waals surface area contributed by atoms with E-state index in [-0.39, 0.29) is 18.6 Å². The van der Waals surface area contributed by atoms with Crippen LogP contribution < -0.4 is 0 Å². The molecule has 2 fully saturated rings. The molecule has 2 atom stereocenters. The van der Waals surface area contributed by atoms with Gasteiger partial charge < -0.3 is 15.1 Å². The number of aromatic nitrogens is 1. The average Bonchev–Trinajstić information content (AvgIpc) is 3.09. The summed E-state index contributed by atoms with van der Waals surface area (Å²) >= 11 is 0. The maximum Gasteiger partial charge on any atom is 0.490 e. The number of β-amino-alcohol motifs (C(OH)–C–C–N with tert-alkyl or cyclic N) is 1. The lowest BCUT2D eigenvalue weighted by Crippen LogP contribution is -2.38. The lowest BCUT2D eigenvalue weighted by Gasteiger charge is -2.24. The van der Waals surface area contributed by atoms with Crippen LogP contribution in [0.5, 0.6) is 0 Å². The summed E-state index contributed by atoms with van der Waals surface area (Å²) in [7, 11) is 0. The van der Waals surface area contributed by atoms with Crippen LogP contribution in [0.4, 0.5) is 13.2 Å². The molecule has 10 heteroatoms. The number of pyridine rings is 1. The first-order valence-electron chi connectivity index (χ1n) is 8.08. The van der Waals surface area contributed by atoms with E-state index in [1.54, 1.807) is 6.20 Å². The normalized spacial score (nSPS) is 22.8. The van der Waals surface area contributed by atoms with Crippen LogP contribution in [0.1, 0.15) is 18.5 Å². The molecule has 1 aromatic rings. The number of nitrogens with zero attached hydrogens (tertiary/aromatic N) is 3. The van der Waals surface area contributed by atoms with Crippen LogP contribution >= 0.6 is 0 Å². The fraction of sp³-hybridized carbons (Fsp3) is 0.562. The van der Waals surface area contributed by atoms with E-state index in [1.165, 1.54) is 0 Å².